The molecule has 3 N–H and O–H groups in total. The Hall–Kier alpha value is -4.43. The van der Waals surface area contributed by atoms with Gasteiger partial charge in [0.2, 0.25) is 0 Å². The lowest BCUT2D eigenvalue weighted by atomic mass is 9.93. The van der Waals surface area contributed by atoms with Crippen LogP contribution in [0, 0.1) is 0 Å². The standard InChI is InChI=1S/C31H30N4O4/c1-20(21-5-3-2-4-6-21)39-30(38)34-28-27(33-26-19-32-17-18-35(26)28)24-9-7-22(8-10-24)23-11-13-25(14-12-23)31(15-16-31)29(36)37/h2-14,20,32H,15-19H2,1H3,(H,34,38)(H,36,37). The summed E-state index contributed by atoms with van der Waals surface area (Å²) < 4.78 is 7.71. The number of carboxylic acid groups (broad SMARTS) is 1. The molecule has 1 amide bonds. The number of hydrogen-bond donors (Lipinski definition) is 3. The molecular weight excluding hydrogens is 492 g/mol. The zero-order chi connectivity index (χ0) is 27.0. The van der Waals surface area contributed by atoms with Crippen LogP contribution in [0.3, 0.4) is 0 Å². The van der Waals surface area contributed by atoms with Crippen molar-refractivity contribution in [1.82, 2.24) is 14.9 Å². The van der Waals surface area contributed by atoms with Crippen molar-refractivity contribution < 1.29 is 19.4 Å². The molecule has 1 atom stereocenters. The van der Waals surface area contributed by atoms with Crippen molar-refractivity contribution in [2.45, 2.75) is 44.4 Å². The predicted octanol–water partition coefficient (Wildman–Crippen LogP) is 5.75. The summed E-state index contributed by atoms with van der Waals surface area (Å²) in [5.41, 5.74) is 4.67. The molecular formula is C31H30N4O4. The smallest absolute Gasteiger partial charge is 0.413 e. The summed E-state index contributed by atoms with van der Waals surface area (Å²) in [4.78, 5) is 29.4. The number of anilines is 1. The van der Waals surface area contributed by atoms with E-state index >= 15 is 0 Å². The monoisotopic (exact) mass is 522 g/mol. The maximum atomic E-state index is 12.9. The quantitative estimate of drug-likeness (QED) is 0.286. The molecule has 2 aliphatic rings. The van der Waals surface area contributed by atoms with Crippen molar-refractivity contribution in [3.8, 4) is 22.4 Å². The molecule has 3 aromatic carbocycles. The topological polar surface area (TPSA) is 105 Å². The number of rotatable bonds is 7. The van der Waals surface area contributed by atoms with Crippen molar-refractivity contribution in [2.75, 3.05) is 11.9 Å². The summed E-state index contributed by atoms with van der Waals surface area (Å²) >= 11 is 0. The van der Waals surface area contributed by atoms with Gasteiger partial charge in [0.1, 0.15) is 23.4 Å². The second kappa shape index (κ2) is 10.0. The van der Waals surface area contributed by atoms with Crippen LogP contribution < -0.4 is 10.6 Å². The molecule has 1 fully saturated rings. The number of benzene rings is 3. The van der Waals surface area contributed by atoms with E-state index in [4.69, 9.17) is 9.72 Å². The van der Waals surface area contributed by atoms with Crippen molar-refractivity contribution in [2.24, 2.45) is 0 Å². The Kier molecular flexibility index (Phi) is 6.40. The SMILES string of the molecule is CC(OC(=O)Nc1c(-c2ccc(-c3ccc(C4(C(=O)O)CC4)cc3)cc2)nc2n1CCNC2)c1ccccc1. The minimum Gasteiger partial charge on any atom is -0.481 e. The first-order chi connectivity index (χ1) is 18.9. The largest absolute Gasteiger partial charge is 0.481 e. The molecule has 0 radical (unpaired) electrons. The first-order valence-corrected chi connectivity index (χ1v) is 13.2. The van der Waals surface area contributed by atoms with Crippen molar-refractivity contribution in [1.29, 1.82) is 0 Å². The Bertz CT molecular complexity index is 1510. The molecule has 4 aromatic rings. The normalized spacial score (nSPS) is 16.1. The number of nitrogens with zero attached hydrogens (tertiary/aromatic N) is 2. The second-order valence-electron chi connectivity index (χ2n) is 10.2. The van der Waals surface area contributed by atoms with Gasteiger partial charge in [-0.1, -0.05) is 78.9 Å². The molecule has 6 rings (SSSR count). The van der Waals surface area contributed by atoms with Gasteiger partial charge in [-0.3, -0.25) is 10.1 Å². The highest BCUT2D eigenvalue weighted by Gasteiger charge is 2.51. The van der Waals surface area contributed by atoms with Gasteiger partial charge >= 0.3 is 12.1 Å². The Labute approximate surface area is 226 Å². The van der Waals surface area contributed by atoms with E-state index < -0.39 is 23.6 Å². The number of amides is 1. The number of hydrogen-bond acceptors (Lipinski definition) is 5. The lowest BCUT2D eigenvalue weighted by molar-refractivity contribution is -0.140. The minimum absolute atomic E-state index is 0.393. The number of carboxylic acids is 1. The molecule has 8 heteroatoms. The maximum Gasteiger partial charge on any atom is 0.413 e. The molecule has 0 bridgehead atoms. The van der Waals surface area contributed by atoms with Crippen LogP contribution >= 0.6 is 0 Å². The van der Waals surface area contributed by atoms with E-state index in [-0.39, 0.29) is 0 Å². The number of nitrogens with one attached hydrogen (secondary N) is 2. The lowest BCUT2D eigenvalue weighted by Gasteiger charge is -2.19. The average molecular weight is 523 g/mol. The molecule has 0 saturated heterocycles. The van der Waals surface area contributed by atoms with Crippen LogP contribution in [0.15, 0.2) is 78.9 Å². The van der Waals surface area contributed by atoms with Gasteiger partial charge in [0, 0.05) is 18.7 Å². The van der Waals surface area contributed by atoms with E-state index in [0.717, 1.165) is 40.2 Å². The summed E-state index contributed by atoms with van der Waals surface area (Å²) in [5.74, 6) is 0.729. The molecule has 8 nitrogen and oxygen atoms in total. The van der Waals surface area contributed by atoms with Crippen LogP contribution in [-0.4, -0.2) is 33.3 Å². The minimum atomic E-state index is -0.750. The van der Waals surface area contributed by atoms with E-state index in [1.54, 1.807) is 0 Å². The van der Waals surface area contributed by atoms with Crippen LogP contribution in [0.25, 0.3) is 22.4 Å². The Morgan fingerprint density at radius 1 is 0.974 bits per heavy atom. The highest BCUT2D eigenvalue weighted by Crippen LogP contribution is 2.48. The molecule has 1 aromatic heterocycles. The Morgan fingerprint density at radius 2 is 1.62 bits per heavy atom. The first kappa shape index (κ1) is 24.9. The zero-order valence-electron chi connectivity index (χ0n) is 21.7. The summed E-state index contributed by atoms with van der Waals surface area (Å²) in [7, 11) is 0. The fourth-order valence-corrected chi connectivity index (χ4v) is 5.23. The lowest BCUT2D eigenvalue weighted by Crippen LogP contribution is -2.29. The van der Waals surface area contributed by atoms with Crippen LogP contribution in [-0.2, 0) is 28.0 Å². The fraction of sp³-hybridized carbons (Fsp3) is 0.258. The number of carbonyl (C=O) groups is 2. The summed E-state index contributed by atoms with van der Waals surface area (Å²) in [6.07, 6.45) is 0.460. The second-order valence-corrected chi connectivity index (χ2v) is 10.2. The number of carbonyl (C=O) groups excluding carboxylic acids is 1. The third-order valence-corrected chi connectivity index (χ3v) is 7.70. The van der Waals surface area contributed by atoms with Gasteiger partial charge in [0.15, 0.2) is 0 Å². The maximum absolute atomic E-state index is 12.9. The van der Waals surface area contributed by atoms with Crippen LogP contribution in [0.1, 0.15) is 42.8 Å². The van der Waals surface area contributed by atoms with Crippen LogP contribution in [0.4, 0.5) is 10.6 Å². The number of imidazole rings is 1. The number of aromatic nitrogens is 2. The van der Waals surface area contributed by atoms with Crippen molar-refractivity contribution >= 4 is 17.9 Å². The van der Waals surface area contributed by atoms with Crippen molar-refractivity contribution in [3.05, 3.63) is 95.8 Å². The molecule has 39 heavy (non-hydrogen) atoms. The Morgan fingerprint density at radius 3 is 2.26 bits per heavy atom. The molecule has 1 aliphatic heterocycles. The van der Waals surface area contributed by atoms with Crippen LogP contribution in [0.5, 0.6) is 0 Å². The zero-order valence-corrected chi connectivity index (χ0v) is 21.7. The van der Waals surface area contributed by atoms with Gasteiger partial charge in [0.05, 0.1) is 12.0 Å². The van der Waals surface area contributed by atoms with Gasteiger partial charge in [-0.25, -0.2) is 9.78 Å². The molecule has 1 unspecified atom stereocenters. The van der Waals surface area contributed by atoms with E-state index in [0.29, 0.717) is 37.4 Å². The summed E-state index contributed by atoms with van der Waals surface area (Å²) in [6, 6.07) is 25.5. The van der Waals surface area contributed by atoms with Gasteiger partial charge < -0.3 is 19.7 Å². The fourth-order valence-electron chi connectivity index (χ4n) is 5.23. The molecule has 2 heterocycles. The van der Waals surface area contributed by atoms with Gasteiger partial charge in [-0.05, 0) is 42.0 Å². The van der Waals surface area contributed by atoms with E-state index in [1.807, 2.05) is 90.4 Å². The highest BCUT2D eigenvalue weighted by molar-refractivity contribution is 5.89. The number of aliphatic carboxylic acids is 1. The molecule has 0 spiro atoms. The third-order valence-electron chi connectivity index (χ3n) is 7.70. The van der Waals surface area contributed by atoms with Crippen molar-refractivity contribution in [3.63, 3.8) is 0 Å². The van der Waals surface area contributed by atoms with E-state index in [9.17, 15) is 14.7 Å². The van der Waals surface area contributed by atoms with E-state index in [2.05, 4.69) is 10.6 Å². The first-order valence-electron chi connectivity index (χ1n) is 13.2. The van der Waals surface area contributed by atoms with E-state index in [1.165, 1.54) is 0 Å². The number of fused-ring (bicyclic) bond motifs is 1. The van der Waals surface area contributed by atoms with Gasteiger partial charge in [-0.2, -0.15) is 0 Å². The van der Waals surface area contributed by atoms with Gasteiger partial charge in [0.25, 0.3) is 0 Å². The average Bonchev–Trinajstić information content (AvgIpc) is 3.71. The molecule has 1 saturated carbocycles. The third kappa shape index (κ3) is 4.79. The molecule has 198 valence electrons. The highest BCUT2D eigenvalue weighted by atomic mass is 16.6. The van der Waals surface area contributed by atoms with Crippen LogP contribution in [0.2, 0.25) is 0 Å². The summed E-state index contributed by atoms with van der Waals surface area (Å²) in [6.45, 7) is 3.94. The van der Waals surface area contributed by atoms with Gasteiger partial charge in [-0.15, -0.1) is 0 Å². The Balaban J connectivity index is 1.24. The molecule has 1 aliphatic carbocycles. The summed E-state index contributed by atoms with van der Waals surface area (Å²) in [5, 5.41) is 15.9. The number of ether oxygens (including phenoxy) is 1. The predicted molar refractivity (Wildman–Crippen MR) is 148 cm³/mol.